The van der Waals surface area contributed by atoms with E-state index in [0.29, 0.717) is 5.92 Å². The lowest BCUT2D eigenvalue weighted by Gasteiger charge is -1.98. The van der Waals surface area contributed by atoms with Gasteiger partial charge in [-0.2, -0.15) is 0 Å². The Labute approximate surface area is 72.4 Å². The first kappa shape index (κ1) is 8.60. The molecule has 0 bridgehead atoms. The second-order valence-electron chi connectivity index (χ2n) is 2.92. The van der Waals surface area contributed by atoms with Crippen LogP contribution in [0.25, 0.3) is 0 Å². The number of hydrogen-bond donors (Lipinski definition) is 1. The van der Waals surface area contributed by atoms with Crippen LogP contribution in [0.3, 0.4) is 0 Å². The molecule has 0 aliphatic carbocycles. The summed E-state index contributed by atoms with van der Waals surface area (Å²) in [6, 6.07) is 2.23. The molecule has 0 fully saturated rings. The van der Waals surface area contributed by atoms with E-state index < -0.39 is 0 Å². The molecule has 1 aromatic heterocycles. The summed E-state index contributed by atoms with van der Waals surface area (Å²) in [6.45, 7) is 7.57. The minimum Gasteiger partial charge on any atom is -0.385 e. The van der Waals surface area contributed by atoms with Gasteiger partial charge in [0.2, 0.25) is 0 Å². The first-order valence-corrected chi connectivity index (χ1v) is 4.94. The summed E-state index contributed by atoms with van der Waals surface area (Å²) in [5, 5.41) is 5.47. The molecule has 0 saturated carbocycles. The third-order valence-electron chi connectivity index (χ3n) is 1.57. The lowest BCUT2D eigenvalue weighted by atomic mass is 10.2. The Hall–Kier alpha value is -0.500. The van der Waals surface area contributed by atoms with Crippen LogP contribution in [0.15, 0.2) is 11.4 Å². The van der Waals surface area contributed by atoms with E-state index in [2.05, 4.69) is 37.5 Å². The van der Waals surface area contributed by atoms with Gasteiger partial charge < -0.3 is 5.32 Å². The van der Waals surface area contributed by atoms with Crippen molar-refractivity contribution in [3.05, 3.63) is 16.3 Å². The summed E-state index contributed by atoms with van der Waals surface area (Å²) in [6.07, 6.45) is 0. The van der Waals surface area contributed by atoms with Crippen LogP contribution >= 0.6 is 11.3 Å². The average Bonchev–Trinajstić information content (AvgIpc) is 2.37. The Morgan fingerprint density at radius 2 is 2.27 bits per heavy atom. The summed E-state index contributed by atoms with van der Waals surface area (Å²) < 4.78 is 0. The highest BCUT2D eigenvalue weighted by Gasteiger charge is 2.01. The van der Waals surface area contributed by atoms with Crippen LogP contribution in [0, 0.1) is 0 Å². The number of nitrogens with one attached hydrogen (secondary N) is 1. The highest BCUT2D eigenvalue weighted by atomic mass is 32.1. The van der Waals surface area contributed by atoms with E-state index in [1.807, 2.05) is 11.3 Å². The zero-order valence-corrected chi connectivity index (χ0v) is 8.16. The molecule has 2 heteroatoms. The van der Waals surface area contributed by atoms with Gasteiger partial charge in [0.05, 0.1) is 0 Å². The molecule has 0 aromatic carbocycles. The number of thiophene rings is 1. The van der Waals surface area contributed by atoms with E-state index in [1.54, 1.807) is 0 Å². The Morgan fingerprint density at radius 1 is 1.55 bits per heavy atom. The maximum Gasteiger partial charge on any atom is 0.0451 e. The van der Waals surface area contributed by atoms with Gasteiger partial charge in [-0.15, -0.1) is 11.3 Å². The van der Waals surface area contributed by atoms with E-state index in [1.165, 1.54) is 10.6 Å². The smallest absolute Gasteiger partial charge is 0.0451 e. The summed E-state index contributed by atoms with van der Waals surface area (Å²) >= 11 is 1.84. The predicted molar refractivity (Wildman–Crippen MR) is 52.6 cm³/mol. The van der Waals surface area contributed by atoms with E-state index >= 15 is 0 Å². The average molecular weight is 169 g/mol. The minimum atomic E-state index is 0.660. The van der Waals surface area contributed by atoms with Gasteiger partial charge in [-0.1, -0.05) is 13.8 Å². The van der Waals surface area contributed by atoms with Crippen LogP contribution in [0.1, 0.15) is 31.6 Å². The van der Waals surface area contributed by atoms with E-state index in [4.69, 9.17) is 0 Å². The molecule has 1 nitrogen and oxygen atoms in total. The van der Waals surface area contributed by atoms with E-state index in [-0.39, 0.29) is 0 Å². The van der Waals surface area contributed by atoms with Crippen LogP contribution in [-0.4, -0.2) is 6.54 Å². The van der Waals surface area contributed by atoms with Crippen molar-refractivity contribution in [3.8, 4) is 0 Å². The first-order valence-electron chi connectivity index (χ1n) is 4.06. The standard InChI is InChI=1S/C9H15NS/c1-4-10-8-5-9(7(2)3)11-6-8/h5-7,10H,4H2,1-3H3. The molecule has 0 spiro atoms. The number of rotatable bonds is 3. The number of hydrogen-bond acceptors (Lipinski definition) is 2. The van der Waals surface area contributed by atoms with Gasteiger partial charge in [0.1, 0.15) is 0 Å². The summed E-state index contributed by atoms with van der Waals surface area (Å²) in [7, 11) is 0. The molecule has 0 atom stereocenters. The predicted octanol–water partition coefficient (Wildman–Crippen LogP) is 3.30. The summed E-state index contributed by atoms with van der Waals surface area (Å²) in [5.41, 5.74) is 1.27. The fourth-order valence-electron chi connectivity index (χ4n) is 0.952. The molecule has 62 valence electrons. The fraction of sp³-hybridized carbons (Fsp3) is 0.556. The molecule has 1 N–H and O–H groups in total. The second-order valence-corrected chi connectivity index (χ2v) is 3.87. The topological polar surface area (TPSA) is 12.0 Å². The normalized spacial score (nSPS) is 10.5. The van der Waals surface area contributed by atoms with Gasteiger partial charge in [-0.3, -0.25) is 0 Å². The lowest BCUT2D eigenvalue weighted by molar-refractivity contribution is 0.890. The fourth-order valence-corrected chi connectivity index (χ4v) is 1.83. The maximum atomic E-state index is 3.29. The lowest BCUT2D eigenvalue weighted by Crippen LogP contribution is -1.93. The minimum absolute atomic E-state index is 0.660. The van der Waals surface area contributed by atoms with E-state index in [9.17, 15) is 0 Å². The second kappa shape index (κ2) is 3.77. The van der Waals surface area contributed by atoms with Gasteiger partial charge in [0.15, 0.2) is 0 Å². The molecule has 0 saturated heterocycles. The molecule has 11 heavy (non-hydrogen) atoms. The van der Waals surface area contributed by atoms with Crippen molar-refractivity contribution >= 4 is 17.0 Å². The largest absolute Gasteiger partial charge is 0.385 e. The van der Waals surface area contributed by atoms with Gasteiger partial charge >= 0.3 is 0 Å². The van der Waals surface area contributed by atoms with Crippen molar-refractivity contribution in [3.63, 3.8) is 0 Å². The highest BCUT2D eigenvalue weighted by Crippen LogP contribution is 2.25. The molecule has 0 amide bonds. The van der Waals surface area contributed by atoms with Crippen LogP contribution < -0.4 is 5.32 Å². The maximum absolute atomic E-state index is 3.29. The van der Waals surface area contributed by atoms with Gasteiger partial charge in [-0.05, 0) is 18.9 Å². The monoisotopic (exact) mass is 169 g/mol. The molecule has 0 radical (unpaired) electrons. The van der Waals surface area contributed by atoms with Crippen molar-refractivity contribution < 1.29 is 0 Å². The Morgan fingerprint density at radius 3 is 2.73 bits per heavy atom. The SMILES string of the molecule is CCNc1csc(C(C)C)c1. The quantitative estimate of drug-likeness (QED) is 0.732. The van der Waals surface area contributed by atoms with Crippen LogP contribution in [0.4, 0.5) is 5.69 Å². The zero-order valence-electron chi connectivity index (χ0n) is 7.35. The van der Waals surface area contributed by atoms with Crippen LogP contribution in [-0.2, 0) is 0 Å². The van der Waals surface area contributed by atoms with E-state index in [0.717, 1.165) is 6.54 Å². The molecule has 1 rings (SSSR count). The van der Waals surface area contributed by atoms with Crippen molar-refractivity contribution in [1.29, 1.82) is 0 Å². The van der Waals surface area contributed by atoms with Crippen molar-refractivity contribution in [2.45, 2.75) is 26.7 Å². The Balaban J connectivity index is 2.66. The molecule has 0 aliphatic rings. The van der Waals surface area contributed by atoms with Gasteiger partial charge in [0.25, 0.3) is 0 Å². The van der Waals surface area contributed by atoms with Crippen molar-refractivity contribution in [2.75, 3.05) is 11.9 Å². The molecule has 1 aromatic rings. The van der Waals surface area contributed by atoms with Crippen LogP contribution in [0.2, 0.25) is 0 Å². The highest BCUT2D eigenvalue weighted by molar-refractivity contribution is 7.10. The van der Waals surface area contributed by atoms with Crippen molar-refractivity contribution in [2.24, 2.45) is 0 Å². The van der Waals surface area contributed by atoms with Gasteiger partial charge in [-0.25, -0.2) is 0 Å². The molecule has 1 heterocycles. The third-order valence-corrected chi connectivity index (χ3v) is 2.80. The Kier molecular flexibility index (Phi) is 2.94. The van der Waals surface area contributed by atoms with Gasteiger partial charge in [0, 0.05) is 22.5 Å². The van der Waals surface area contributed by atoms with Crippen LogP contribution in [0.5, 0.6) is 0 Å². The first-order chi connectivity index (χ1) is 5.24. The molecular weight excluding hydrogens is 154 g/mol. The zero-order chi connectivity index (χ0) is 8.27. The molecular formula is C9H15NS. The number of anilines is 1. The molecule has 0 aliphatic heterocycles. The molecule has 0 unspecified atom stereocenters. The summed E-state index contributed by atoms with van der Waals surface area (Å²) in [4.78, 5) is 1.46. The summed E-state index contributed by atoms with van der Waals surface area (Å²) in [5.74, 6) is 0.660. The third kappa shape index (κ3) is 2.22. The Bertz CT molecular complexity index is 215. The van der Waals surface area contributed by atoms with Crippen molar-refractivity contribution in [1.82, 2.24) is 0 Å².